The number of benzene rings is 8. The van der Waals surface area contributed by atoms with Gasteiger partial charge in [-0.2, -0.15) is 0 Å². The lowest BCUT2D eigenvalue weighted by molar-refractivity contribution is 0.660. The van der Waals surface area contributed by atoms with E-state index in [1.54, 1.807) is 0 Å². The summed E-state index contributed by atoms with van der Waals surface area (Å²) in [5.41, 5.74) is 19.6. The molecule has 9 aromatic rings. The van der Waals surface area contributed by atoms with Gasteiger partial charge in [-0.3, -0.25) is 0 Å². The smallest absolute Gasteiger partial charge is 0.160 e. The van der Waals surface area contributed by atoms with Gasteiger partial charge in [0.25, 0.3) is 0 Å². The molecule has 0 unspecified atom stereocenters. The SMILES string of the molecule is CC1(C)c2ccccc2-c2cc(-c3ccc(-c4cccc(-c5cc(-c6ccccc6)nc(-c6cc(-c7ccccc7)cc(-c7ccccc7)c6)n5)c4)cc3)ccc21. The van der Waals surface area contributed by atoms with Crippen molar-refractivity contribution < 1.29 is 0 Å². The minimum absolute atomic E-state index is 0.00291. The van der Waals surface area contributed by atoms with E-state index in [2.05, 4.69) is 214 Å². The largest absolute Gasteiger partial charge is 0.228 e. The number of nitrogens with zero attached hydrogens (tertiary/aromatic N) is 2. The summed E-state index contributed by atoms with van der Waals surface area (Å²) < 4.78 is 0. The molecule has 0 radical (unpaired) electrons. The zero-order chi connectivity index (χ0) is 38.3. The molecule has 0 N–H and O–H groups in total. The van der Waals surface area contributed by atoms with E-state index in [0.29, 0.717) is 5.82 Å². The fourth-order valence-corrected chi connectivity index (χ4v) is 8.45. The lowest BCUT2D eigenvalue weighted by Crippen LogP contribution is -2.14. The Kier molecular flexibility index (Phi) is 8.53. The van der Waals surface area contributed by atoms with Gasteiger partial charge in [-0.25, -0.2) is 9.97 Å². The maximum Gasteiger partial charge on any atom is 0.160 e. The predicted octanol–water partition coefficient (Wildman–Crippen LogP) is 14.5. The molecule has 8 aromatic carbocycles. The second kappa shape index (κ2) is 14.2. The molecule has 0 saturated carbocycles. The average molecular weight is 729 g/mol. The summed E-state index contributed by atoms with van der Waals surface area (Å²) in [6.45, 7) is 4.66. The normalized spacial score (nSPS) is 12.5. The highest BCUT2D eigenvalue weighted by Gasteiger charge is 2.35. The van der Waals surface area contributed by atoms with Gasteiger partial charge in [0.2, 0.25) is 0 Å². The van der Waals surface area contributed by atoms with Crippen molar-refractivity contribution in [3.05, 3.63) is 217 Å². The van der Waals surface area contributed by atoms with Crippen LogP contribution in [0, 0.1) is 0 Å². The maximum absolute atomic E-state index is 5.30. The summed E-state index contributed by atoms with van der Waals surface area (Å²) in [6.07, 6.45) is 0. The second-order valence-electron chi connectivity index (χ2n) is 15.4. The number of hydrogen-bond acceptors (Lipinski definition) is 2. The summed E-state index contributed by atoms with van der Waals surface area (Å²) in [5, 5.41) is 0. The van der Waals surface area contributed by atoms with Crippen LogP contribution in [-0.4, -0.2) is 9.97 Å². The van der Waals surface area contributed by atoms with Gasteiger partial charge < -0.3 is 0 Å². The summed E-state index contributed by atoms with van der Waals surface area (Å²) in [6, 6.07) is 73.8. The highest BCUT2D eigenvalue weighted by molar-refractivity contribution is 5.86. The standard InChI is InChI=1S/C55H40N2/c1-55(2)50-24-13-12-23-48(50)49-35-43(29-30-51(49)55)40-27-25-39(26-28-40)42-21-14-22-44(31-42)53-36-52(41-19-10-5-11-20-41)56-54(57-53)47-33-45(37-15-6-3-7-16-37)32-46(34-47)38-17-8-4-9-18-38/h3-36H,1-2H3. The Morgan fingerprint density at radius 1 is 0.281 bits per heavy atom. The van der Waals surface area contributed by atoms with E-state index >= 15 is 0 Å². The van der Waals surface area contributed by atoms with Gasteiger partial charge in [0, 0.05) is 22.1 Å². The molecule has 2 heteroatoms. The topological polar surface area (TPSA) is 25.8 Å². The van der Waals surface area contributed by atoms with Crippen LogP contribution < -0.4 is 0 Å². The highest BCUT2D eigenvalue weighted by Crippen LogP contribution is 2.49. The molecule has 0 saturated heterocycles. The Balaban J connectivity index is 1.04. The lowest BCUT2D eigenvalue weighted by Gasteiger charge is -2.21. The minimum Gasteiger partial charge on any atom is -0.228 e. The van der Waals surface area contributed by atoms with E-state index in [9.17, 15) is 0 Å². The first-order valence-corrected chi connectivity index (χ1v) is 19.6. The van der Waals surface area contributed by atoms with E-state index < -0.39 is 0 Å². The molecule has 0 aliphatic heterocycles. The van der Waals surface area contributed by atoms with E-state index in [-0.39, 0.29) is 5.41 Å². The van der Waals surface area contributed by atoms with Crippen molar-refractivity contribution in [3.8, 4) is 89.5 Å². The van der Waals surface area contributed by atoms with Crippen LogP contribution in [0.15, 0.2) is 206 Å². The number of fused-ring (bicyclic) bond motifs is 3. The van der Waals surface area contributed by atoms with Gasteiger partial charge in [-0.05, 0) is 103 Å². The molecule has 1 heterocycles. The third-order valence-electron chi connectivity index (χ3n) is 11.5. The molecule has 10 rings (SSSR count). The van der Waals surface area contributed by atoms with E-state index in [1.807, 2.05) is 6.07 Å². The Morgan fingerprint density at radius 3 is 1.33 bits per heavy atom. The van der Waals surface area contributed by atoms with Crippen LogP contribution in [0.1, 0.15) is 25.0 Å². The molecule has 0 fully saturated rings. The molecule has 1 aliphatic carbocycles. The fraction of sp³-hybridized carbons (Fsp3) is 0.0545. The lowest BCUT2D eigenvalue weighted by atomic mass is 9.82. The Morgan fingerprint density at radius 2 is 0.702 bits per heavy atom. The summed E-state index contributed by atoms with van der Waals surface area (Å²) in [5.74, 6) is 0.691. The first-order chi connectivity index (χ1) is 28.0. The van der Waals surface area contributed by atoms with Crippen LogP contribution in [-0.2, 0) is 5.41 Å². The molecule has 0 spiro atoms. The van der Waals surface area contributed by atoms with Crippen molar-refractivity contribution >= 4 is 0 Å². The quantitative estimate of drug-likeness (QED) is 0.163. The van der Waals surface area contributed by atoms with Gasteiger partial charge in [0.15, 0.2) is 5.82 Å². The highest BCUT2D eigenvalue weighted by atomic mass is 14.9. The first kappa shape index (κ1) is 34.3. The van der Waals surface area contributed by atoms with Gasteiger partial charge in [0.05, 0.1) is 11.4 Å². The van der Waals surface area contributed by atoms with Crippen molar-refractivity contribution in [2.45, 2.75) is 19.3 Å². The first-order valence-electron chi connectivity index (χ1n) is 19.6. The van der Waals surface area contributed by atoms with Gasteiger partial charge in [-0.1, -0.05) is 184 Å². The summed E-state index contributed by atoms with van der Waals surface area (Å²) in [4.78, 5) is 10.5. The fourth-order valence-electron chi connectivity index (χ4n) is 8.45. The van der Waals surface area contributed by atoms with Crippen molar-refractivity contribution in [1.29, 1.82) is 0 Å². The second-order valence-corrected chi connectivity index (χ2v) is 15.4. The average Bonchev–Trinajstić information content (AvgIpc) is 3.52. The Hall–Kier alpha value is -7.16. The van der Waals surface area contributed by atoms with Crippen LogP contribution in [0.5, 0.6) is 0 Å². The number of aromatic nitrogens is 2. The molecular formula is C55H40N2. The molecule has 57 heavy (non-hydrogen) atoms. The molecule has 1 aromatic heterocycles. The number of rotatable bonds is 7. The van der Waals surface area contributed by atoms with Crippen LogP contribution in [0.3, 0.4) is 0 Å². The minimum atomic E-state index is 0.00291. The van der Waals surface area contributed by atoms with Crippen LogP contribution in [0.4, 0.5) is 0 Å². The van der Waals surface area contributed by atoms with E-state index in [4.69, 9.17) is 9.97 Å². The van der Waals surface area contributed by atoms with Gasteiger partial charge in [0.1, 0.15) is 0 Å². The third kappa shape index (κ3) is 6.46. The van der Waals surface area contributed by atoms with Crippen LogP contribution in [0.25, 0.3) is 89.5 Å². The molecule has 0 atom stereocenters. The van der Waals surface area contributed by atoms with Crippen LogP contribution >= 0.6 is 0 Å². The third-order valence-corrected chi connectivity index (χ3v) is 11.5. The predicted molar refractivity (Wildman–Crippen MR) is 238 cm³/mol. The van der Waals surface area contributed by atoms with Crippen molar-refractivity contribution in [2.75, 3.05) is 0 Å². The monoisotopic (exact) mass is 728 g/mol. The van der Waals surface area contributed by atoms with E-state index in [0.717, 1.165) is 61.5 Å². The van der Waals surface area contributed by atoms with Crippen molar-refractivity contribution in [3.63, 3.8) is 0 Å². The molecule has 270 valence electrons. The summed E-state index contributed by atoms with van der Waals surface area (Å²) >= 11 is 0. The van der Waals surface area contributed by atoms with Crippen molar-refractivity contribution in [2.24, 2.45) is 0 Å². The van der Waals surface area contributed by atoms with E-state index in [1.165, 1.54) is 33.4 Å². The molecule has 0 amide bonds. The zero-order valence-corrected chi connectivity index (χ0v) is 32.0. The van der Waals surface area contributed by atoms with Crippen LogP contribution in [0.2, 0.25) is 0 Å². The Bertz CT molecular complexity index is 2840. The molecule has 0 bridgehead atoms. The Labute approximate surface area is 334 Å². The number of hydrogen-bond donors (Lipinski definition) is 0. The zero-order valence-electron chi connectivity index (χ0n) is 32.0. The molecular weight excluding hydrogens is 689 g/mol. The van der Waals surface area contributed by atoms with Crippen molar-refractivity contribution in [1.82, 2.24) is 9.97 Å². The molecule has 1 aliphatic rings. The molecule has 2 nitrogen and oxygen atoms in total. The van der Waals surface area contributed by atoms with Gasteiger partial charge in [-0.15, -0.1) is 0 Å². The maximum atomic E-state index is 5.30. The van der Waals surface area contributed by atoms with Gasteiger partial charge >= 0.3 is 0 Å². The summed E-state index contributed by atoms with van der Waals surface area (Å²) in [7, 11) is 0.